The van der Waals surface area contributed by atoms with E-state index in [0.29, 0.717) is 5.56 Å². The number of hydrogen-bond acceptors (Lipinski definition) is 2. The van der Waals surface area contributed by atoms with Gasteiger partial charge in [0.1, 0.15) is 5.75 Å². The minimum atomic E-state index is 0.0592. The smallest absolute Gasteiger partial charge is 0.188 e. The topological polar surface area (TPSA) is 26.3 Å². The first kappa shape index (κ1) is 28.6. The van der Waals surface area contributed by atoms with E-state index >= 15 is 0 Å². The van der Waals surface area contributed by atoms with Crippen molar-refractivity contribution in [3.05, 3.63) is 82.9 Å². The quantitative estimate of drug-likeness (QED) is 0.384. The summed E-state index contributed by atoms with van der Waals surface area (Å²) in [6.45, 7) is 21.5. The molecule has 0 amide bonds. The number of rotatable bonds is 4. The van der Waals surface area contributed by atoms with Gasteiger partial charge in [-0.2, -0.15) is 0 Å². The number of ketones is 1. The fourth-order valence-electron chi connectivity index (χ4n) is 2.25. The van der Waals surface area contributed by atoms with Crippen LogP contribution in [0.15, 0.2) is 60.7 Å². The Morgan fingerprint density at radius 3 is 1.83 bits per heavy atom. The van der Waals surface area contributed by atoms with Gasteiger partial charge in [-0.1, -0.05) is 76.3 Å². The summed E-state index contributed by atoms with van der Waals surface area (Å²) in [6, 6.07) is 13.9. The Morgan fingerprint density at radius 2 is 1.45 bits per heavy atom. The lowest BCUT2D eigenvalue weighted by Gasteiger charge is -2.10. The Morgan fingerprint density at radius 1 is 0.931 bits per heavy atom. The van der Waals surface area contributed by atoms with E-state index in [2.05, 4.69) is 18.7 Å². The summed E-state index contributed by atoms with van der Waals surface area (Å²) in [5.74, 6) is 0.830. The summed E-state index contributed by atoms with van der Waals surface area (Å²) in [4.78, 5) is 12.0. The van der Waals surface area contributed by atoms with Crippen LogP contribution in [-0.2, 0) is 0 Å². The Hall–Kier alpha value is -2.61. The molecule has 0 aromatic heterocycles. The van der Waals surface area contributed by atoms with Crippen molar-refractivity contribution in [2.24, 2.45) is 0 Å². The molecule has 0 spiro atoms. The van der Waals surface area contributed by atoms with Crippen LogP contribution >= 0.6 is 0 Å². The average Bonchev–Trinajstić information content (AvgIpc) is 2.78. The fourth-order valence-corrected chi connectivity index (χ4v) is 2.25. The van der Waals surface area contributed by atoms with E-state index < -0.39 is 0 Å². The van der Waals surface area contributed by atoms with Gasteiger partial charge in [0, 0.05) is 5.56 Å². The molecule has 2 rings (SSSR count). The second-order valence-corrected chi connectivity index (χ2v) is 6.07. The van der Waals surface area contributed by atoms with Crippen molar-refractivity contribution in [3.63, 3.8) is 0 Å². The van der Waals surface area contributed by atoms with Crippen molar-refractivity contribution in [2.75, 3.05) is 7.11 Å². The largest absolute Gasteiger partial charge is 0.496 e. The zero-order valence-electron chi connectivity index (χ0n) is 20.1. The highest BCUT2D eigenvalue weighted by atomic mass is 16.5. The molecular weight excluding hydrogens is 356 g/mol. The predicted molar refractivity (Wildman–Crippen MR) is 130 cm³/mol. The number of Topliss-reactive ketones (excluding diaryl/α,β-unsaturated/α-hetero) is 1. The summed E-state index contributed by atoms with van der Waals surface area (Å²) >= 11 is 0. The van der Waals surface area contributed by atoms with Crippen LogP contribution in [0.5, 0.6) is 5.75 Å². The molecule has 160 valence electrons. The first-order chi connectivity index (χ1) is 13.8. The summed E-state index contributed by atoms with van der Waals surface area (Å²) in [5, 5.41) is 0. The molecule has 2 nitrogen and oxygen atoms in total. The van der Waals surface area contributed by atoms with Gasteiger partial charge in [0.25, 0.3) is 0 Å². The van der Waals surface area contributed by atoms with Crippen LogP contribution in [0.2, 0.25) is 0 Å². The average molecular weight is 397 g/mol. The zero-order chi connectivity index (χ0) is 23.0. The molecule has 0 saturated heterocycles. The number of carbonyl (C=O) groups excluding carboxylic acids is 1. The maximum Gasteiger partial charge on any atom is 0.188 e. The summed E-state index contributed by atoms with van der Waals surface area (Å²) in [7, 11) is 1.62. The SMILES string of the molecule is C/C=C(\C)C(=O)c1cc(C)c(C)c(OC)c1.C=C(C)c1ccccc1.CC.CC. The number of benzene rings is 2. The number of aryl methyl sites for hydroxylation is 1. The van der Waals surface area contributed by atoms with Crippen LogP contribution in [-0.4, -0.2) is 12.9 Å². The molecule has 0 aliphatic carbocycles. The van der Waals surface area contributed by atoms with Gasteiger partial charge >= 0.3 is 0 Å². The van der Waals surface area contributed by atoms with Gasteiger partial charge < -0.3 is 4.74 Å². The molecule has 2 aromatic carbocycles. The van der Waals surface area contributed by atoms with E-state index in [1.165, 1.54) is 5.56 Å². The monoisotopic (exact) mass is 396 g/mol. The van der Waals surface area contributed by atoms with Gasteiger partial charge in [-0.25, -0.2) is 0 Å². The van der Waals surface area contributed by atoms with Crippen molar-refractivity contribution in [3.8, 4) is 5.75 Å². The minimum absolute atomic E-state index is 0.0592. The highest BCUT2D eigenvalue weighted by Gasteiger charge is 2.11. The van der Waals surface area contributed by atoms with Crippen LogP contribution in [0, 0.1) is 13.8 Å². The Balaban J connectivity index is 0. The Labute approximate surface area is 179 Å². The van der Waals surface area contributed by atoms with E-state index in [4.69, 9.17) is 4.74 Å². The van der Waals surface area contributed by atoms with Crippen LogP contribution in [0.25, 0.3) is 5.57 Å². The number of ether oxygens (including phenoxy) is 1. The van der Waals surface area contributed by atoms with E-state index in [1.807, 2.05) is 92.7 Å². The zero-order valence-corrected chi connectivity index (χ0v) is 20.1. The molecule has 0 aliphatic rings. The molecular formula is C27H40O2. The number of hydrogen-bond donors (Lipinski definition) is 0. The summed E-state index contributed by atoms with van der Waals surface area (Å²) in [6.07, 6.45) is 1.82. The highest BCUT2D eigenvalue weighted by molar-refractivity contribution is 6.08. The predicted octanol–water partition coefficient (Wildman–Crippen LogP) is 8.23. The third kappa shape index (κ3) is 9.94. The maximum absolute atomic E-state index is 12.0. The standard InChI is InChI=1S/C14H18O2.C9H10.2C2H6/c1-6-9(2)14(15)12-7-10(3)11(4)13(8-12)16-5;1-8(2)9-6-4-3-5-7-9;2*1-2/h6-8H,1-5H3;3-7H,1H2,2H3;2*1-2H3/b9-6+;;;. The molecule has 0 fully saturated rings. The van der Waals surface area contributed by atoms with Crippen LogP contribution in [0.4, 0.5) is 0 Å². The third-order valence-corrected chi connectivity index (χ3v) is 4.16. The van der Waals surface area contributed by atoms with E-state index in [1.54, 1.807) is 13.2 Å². The third-order valence-electron chi connectivity index (χ3n) is 4.16. The molecule has 0 aliphatic heterocycles. The molecule has 0 bridgehead atoms. The number of allylic oxidation sites excluding steroid dienone is 3. The van der Waals surface area contributed by atoms with Crippen LogP contribution in [0.3, 0.4) is 0 Å². The lowest BCUT2D eigenvalue weighted by Crippen LogP contribution is -2.03. The summed E-state index contributed by atoms with van der Waals surface area (Å²) in [5.41, 5.74) is 5.94. The first-order valence-corrected chi connectivity index (χ1v) is 10.4. The van der Waals surface area contributed by atoms with E-state index in [0.717, 1.165) is 28.0 Å². The van der Waals surface area contributed by atoms with Gasteiger partial charge in [0.2, 0.25) is 0 Å². The van der Waals surface area contributed by atoms with Gasteiger partial charge in [-0.05, 0) is 69.0 Å². The maximum atomic E-state index is 12.0. The molecule has 2 heteroatoms. The lowest BCUT2D eigenvalue weighted by atomic mass is 9.99. The molecule has 0 saturated carbocycles. The Bertz CT molecular complexity index is 769. The fraction of sp³-hybridized carbons (Fsp3) is 0.370. The van der Waals surface area contributed by atoms with Crippen molar-refractivity contribution >= 4 is 11.4 Å². The molecule has 0 atom stereocenters. The van der Waals surface area contributed by atoms with Crippen LogP contribution in [0.1, 0.15) is 75.5 Å². The highest BCUT2D eigenvalue weighted by Crippen LogP contribution is 2.24. The molecule has 0 N–H and O–H groups in total. The van der Waals surface area contributed by atoms with Gasteiger partial charge in [0.05, 0.1) is 7.11 Å². The molecule has 0 heterocycles. The molecule has 0 radical (unpaired) electrons. The normalized spacial score (nSPS) is 9.52. The van der Waals surface area contributed by atoms with Crippen molar-refractivity contribution in [1.29, 1.82) is 0 Å². The van der Waals surface area contributed by atoms with Crippen molar-refractivity contribution in [2.45, 2.75) is 62.3 Å². The number of methoxy groups -OCH3 is 1. The van der Waals surface area contributed by atoms with Gasteiger partial charge in [-0.15, -0.1) is 0 Å². The van der Waals surface area contributed by atoms with Crippen LogP contribution < -0.4 is 4.74 Å². The Kier molecular flexibility index (Phi) is 16.1. The second-order valence-electron chi connectivity index (χ2n) is 6.07. The summed E-state index contributed by atoms with van der Waals surface area (Å²) < 4.78 is 5.26. The van der Waals surface area contributed by atoms with E-state index in [-0.39, 0.29) is 5.78 Å². The molecule has 29 heavy (non-hydrogen) atoms. The first-order valence-electron chi connectivity index (χ1n) is 10.4. The minimum Gasteiger partial charge on any atom is -0.496 e. The second kappa shape index (κ2) is 16.4. The van der Waals surface area contributed by atoms with Crippen molar-refractivity contribution < 1.29 is 9.53 Å². The lowest BCUT2D eigenvalue weighted by molar-refractivity contribution is 0.103. The van der Waals surface area contributed by atoms with E-state index in [9.17, 15) is 4.79 Å². The molecule has 2 aromatic rings. The van der Waals surface area contributed by atoms with Gasteiger partial charge in [0.15, 0.2) is 5.78 Å². The van der Waals surface area contributed by atoms with Crippen molar-refractivity contribution in [1.82, 2.24) is 0 Å². The molecule has 0 unspecified atom stereocenters. The van der Waals surface area contributed by atoms with Gasteiger partial charge in [-0.3, -0.25) is 4.79 Å². The number of carbonyl (C=O) groups is 1.